The van der Waals surface area contributed by atoms with Crippen LogP contribution in [0, 0.1) is 116 Å². The molecule has 0 radical (unpaired) electrons. The van der Waals surface area contributed by atoms with Crippen molar-refractivity contribution in [2.24, 2.45) is 0 Å². The van der Waals surface area contributed by atoms with Crippen LogP contribution in [0.5, 0.6) is 5.75 Å². The van der Waals surface area contributed by atoms with Crippen molar-refractivity contribution in [1.29, 1.82) is 0 Å². The second-order valence-corrected chi connectivity index (χ2v) is 12.3. The van der Waals surface area contributed by atoms with E-state index in [1.807, 2.05) is 0 Å². The Labute approximate surface area is 240 Å². The van der Waals surface area contributed by atoms with Crippen LogP contribution >= 0.6 is 0 Å². The van der Waals surface area contributed by atoms with E-state index >= 15 is 26.3 Å². The van der Waals surface area contributed by atoms with Gasteiger partial charge in [-0.3, -0.25) is 0 Å². The molecule has 0 heterocycles. The SMILES string of the molecule is Fc1c(F)c(F)c([O][Al-]([c]2c(F)c(F)c(F)c(F)c2F)([c]2c(F)c(F)c(F)c(F)c2F)[c]2c(F)c(F)c(F)c(F)c2F)c(F)c1F. The first kappa shape index (κ1) is 34.7. The van der Waals surface area contributed by atoms with Crippen molar-refractivity contribution in [2.45, 2.75) is 0 Å². The zero-order valence-corrected chi connectivity index (χ0v) is 21.7. The summed E-state index contributed by atoms with van der Waals surface area (Å²) in [6.45, 7) is 0. The van der Waals surface area contributed by atoms with Crippen LogP contribution in [0.3, 0.4) is 0 Å². The number of rotatable bonds is 5. The molecule has 0 N–H and O–H groups in total. The van der Waals surface area contributed by atoms with E-state index in [1.54, 1.807) is 0 Å². The lowest BCUT2D eigenvalue weighted by Gasteiger charge is -2.42. The normalized spacial score (nSPS) is 11.9. The average Bonchev–Trinajstić information content (AvgIpc) is 3.02. The molecule has 0 bridgehead atoms. The van der Waals surface area contributed by atoms with Crippen LogP contribution in [0.15, 0.2) is 0 Å². The maximum atomic E-state index is 15.3. The highest BCUT2D eigenvalue weighted by molar-refractivity contribution is 7.07. The molecule has 4 aromatic carbocycles. The Kier molecular flexibility index (Phi) is 8.71. The van der Waals surface area contributed by atoms with Gasteiger partial charge in [-0.25, -0.2) is 79.0 Å². The first-order valence-electron chi connectivity index (χ1n) is 11.1. The van der Waals surface area contributed by atoms with Crippen molar-refractivity contribution >= 4 is 26.7 Å². The Morgan fingerprint density at radius 2 is 0.370 bits per heavy atom. The molecule has 0 aromatic heterocycles. The van der Waals surface area contributed by atoms with Crippen molar-refractivity contribution < 1.29 is 91.6 Å². The molecular formula is C24AlF20O-. The summed E-state index contributed by atoms with van der Waals surface area (Å²) in [5.74, 6) is -72.2. The zero-order valence-electron chi connectivity index (χ0n) is 20.5. The number of benzene rings is 4. The molecular weight excluding hydrogens is 711 g/mol. The van der Waals surface area contributed by atoms with Gasteiger partial charge in [0.15, 0.2) is 52.4 Å². The minimum absolute atomic E-state index is 3.17. The van der Waals surface area contributed by atoms with Gasteiger partial charge in [-0.2, -0.15) is 8.78 Å². The fraction of sp³-hybridized carbons (Fsp3) is 0. The molecule has 22 heteroatoms. The van der Waals surface area contributed by atoms with E-state index in [9.17, 15) is 61.5 Å². The second-order valence-electron chi connectivity index (χ2n) is 8.75. The molecule has 0 amide bonds. The van der Waals surface area contributed by atoms with Gasteiger partial charge < -0.3 is 3.79 Å². The van der Waals surface area contributed by atoms with Crippen LogP contribution in [-0.2, 0) is 0 Å². The Balaban J connectivity index is 2.54. The Hall–Kier alpha value is -4.19. The Bertz CT molecular complexity index is 1710. The summed E-state index contributed by atoms with van der Waals surface area (Å²) in [6.07, 6.45) is 0. The molecule has 46 heavy (non-hydrogen) atoms. The third-order valence-corrected chi connectivity index (χ3v) is 11.0. The molecule has 4 aromatic rings. The minimum Gasteiger partial charge on any atom is -0.784 e. The molecule has 0 atom stereocenters. The topological polar surface area (TPSA) is 9.23 Å². The van der Waals surface area contributed by atoms with Gasteiger partial charge >= 0.3 is 13.4 Å². The van der Waals surface area contributed by atoms with Crippen LogP contribution in [-0.4, -0.2) is 13.4 Å². The molecule has 1 nitrogen and oxygen atoms in total. The third kappa shape index (κ3) is 4.55. The van der Waals surface area contributed by atoms with Crippen molar-refractivity contribution in [3.05, 3.63) is 116 Å². The lowest BCUT2D eigenvalue weighted by atomic mass is 10.3. The maximum absolute atomic E-state index is 15.3. The molecule has 0 aliphatic rings. The average molecular weight is 711 g/mol. The van der Waals surface area contributed by atoms with E-state index in [2.05, 4.69) is 3.79 Å². The predicted molar refractivity (Wildman–Crippen MR) is 110 cm³/mol. The van der Waals surface area contributed by atoms with Crippen molar-refractivity contribution in [3.8, 4) is 5.75 Å². The van der Waals surface area contributed by atoms with Crippen molar-refractivity contribution in [3.63, 3.8) is 0 Å². The molecule has 0 spiro atoms. The Morgan fingerprint density at radius 1 is 0.217 bits per heavy atom. The summed E-state index contributed by atoms with van der Waals surface area (Å²) in [4.78, 5) is 0. The lowest BCUT2D eigenvalue weighted by molar-refractivity contribution is 0.344. The summed E-state index contributed by atoms with van der Waals surface area (Å²) < 4.78 is 285. The quantitative estimate of drug-likeness (QED) is 0.0994. The molecule has 4 rings (SSSR count). The van der Waals surface area contributed by atoms with Gasteiger partial charge in [-0.05, 0) is 0 Å². The van der Waals surface area contributed by atoms with Crippen LogP contribution in [0.1, 0.15) is 0 Å². The highest BCUT2D eigenvalue weighted by atomic mass is 27.3. The molecule has 0 saturated carbocycles. The number of hydrogen-bond acceptors (Lipinski definition) is 1. The highest BCUT2D eigenvalue weighted by Gasteiger charge is 2.57. The van der Waals surface area contributed by atoms with Gasteiger partial charge in [0.05, 0.1) is 0 Å². The van der Waals surface area contributed by atoms with Crippen molar-refractivity contribution in [2.75, 3.05) is 0 Å². The van der Waals surface area contributed by atoms with E-state index in [1.165, 1.54) is 0 Å². The maximum Gasteiger partial charge on any atom is 0.494 e. The highest BCUT2D eigenvalue weighted by Crippen LogP contribution is 2.34. The third-order valence-electron chi connectivity index (χ3n) is 6.42. The summed E-state index contributed by atoms with van der Waals surface area (Å²) in [5, 5.41) is 0. The van der Waals surface area contributed by atoms with E-state index < -0.39 is 149 Å². The second kappa shape index (κ2) is 11.6. The van der Waals surface area contributed by atoms with E-state index in [0.29, 0.717) is 0 Å². The standard InChI is InChI=1S/C6HF5O.3C6F5.Al/c7-1-2(8)4(10)6(12)5(11)3(1)9;3*7-2-1-3(8)5(10)6(11)4(2)9;/h12H;;;;/p-1. The smallest absolute Gasteiger partial charge is 0.494 e. The summed E-state index contributed by atoms with van der Waals surface area (Å²) >= 11 is -8.93. The largest absolute Gasteiger partial charge is 0.784 e. The van der Waals surface area contributed by atoms with E-state index in [4.69, 9.17) is 0 Å². The summed E-state index contributed by atoms with van der Waals surface area (Å²) in [5.41, 5.74) is 0. The molecule has 0 aliphatic heterocycles. The summed E-state index contributed by atoms with van der Waals surface area (Å²) in [6, 6.07) is 0. The number of hydrogen-bond donors (Lipinski definition) is 0. The van der Waals surface area contributed by atoms with Crippen LogP contribution in [0.2, 0.25) is 0 Å². The number of halogens is 20. The zero-order chi connectivity index (χ0) is 35.1. The first-order valence-corrected chi connectivity index (χ1v) is 13.3. The molecule has 246 valence electrons. The fourth-order valence-electron chi connectivity index (χ4n) is 4.41. The Morgan fingerprint density at radius 3 is 0.565 bits per heavy atom. The van der Waals surface area contributed by atoms with Crippen LogP contribution in [0.25, 0.3) is 0 Å². The van der Waals surface area contributed by atoms with E-state index in [0.717, 1.165) is 0 Å². The van der Waals surface area contributed by atoms with Gasteiger partial charge in [0, 0.05) is 0 Å². The monoisotopic (exact) mass is 711 g/mol. The molecule has 0 saturated heterocycles. The van der Waals surface area contributed by atoms with Gasteiger partial charge in [0.1, 0.15) is 40.7 Å². The predicted octanol–water partition coefficient (Wildman–Crippen LogP) is 6.51. The van der Waals surface area contributed by atoms with Gasteiger partial charge in [0.2, 0.25) is 29.1 Å². The van der Waals surface area contributed by atoms with Gasteiger partial charge in [0.25, 0.3) is 0 Å². The molecule has 0 unspecified atom stereocenters. The molecule has 0 fully saturated rings. The lowest BCUT2D eigenvalue weighted by Crippen LogP contribution is -2.77. The fourth-order valence-corrected chi connectivity index (χ4v) is 9.09. The van der Waals surface area contributed by atoms with Gasteiger partial charge in [-0.15, -0.1) is 13.3 Å². The van der Waals surface area contributed by atoms with E-state index in [-0.39, 0.29) is 0 Å². The van der Waals surface area contributed by atoms with Gasteiger partial charge in [-0.1, -0.05) is 0 Å². The van der Waals surface area contributed by atoms with Crippen molar-refractivity contribution in [1.82, 2.24) is 0 Å². The van der Waals surface area contributed by atoms with Crippen LogP contribution in [0.4, 0.5) is 87.8 Å². The van der Waals surface area contributed by atoms with Crippen LogP contribution < -0.4 is 17.1 Å². The summed E-state index contributed by atoms with van der Waals surface area (Å²) in [7, 11) is 0. The first-order chi connectivity index (χ1) is 21.2. The molecule has 0 aliphatic carbocycles. The minimum atomic E-state index is -8.93.